The first-order valence-electron chi connectivity index (χ1n) is 5.35. The quantitative estimate of drug-likeness (QED) is 0.751. The van der Waals surface area contributed by atoms with E-state index in [0.717, 1.165) is 5.56 Å². The Labute approximate surface area is 105 Å². The van der Waals surface area contributed by atoms with Gasteiger partial charge in [-0.2, -0.15) is 0 Å². The normalized spacial score (nSPS) is 10.9. The lowest BCUT2D eigenvalue weighted by molar-refractivity contribution is 0.712. The van der Waals surface area contributed by atoms with E-state index in [1.807, 2.05) is 0 Å². The fourth-order valence-electron chi connectivity index (χ4n) is 1.79. The second kappa shape index (κ2) is 4.23. The second-order valence-corrected chi connectivity index (χ2v) is 4.76. The first-order chi connectivity index (χ1) is 8.75. The maximum atomic E-state index is 12.2. The third-order valence-electron chi connectivity index (χ3n) is 2.68. The Hall–Kier alpha value is -2.21. The second-order valence-electron chi connectivity index (χ2n) is 3.84. The molecule has 0 fully saturated rings. The van der Waals surface area contributed by atoms with Crippen LogP contribution < -0.4 is 11.2 Å². The van der Waals surface area contributed by atoms with E-state index in [1.54, 1.807) is 36.0 Å². The molecule has 3 aromatic heterocycles. The summed E-state index contributed by atoms with van der Waals surface area (Å²) in [6.07, 6.45) is 3.27. The van der Waals surface area contributed by atoms with Gasteiger partial charge in [-0.05, 0) is 29.1 Å². The molecule has 0 aliphatic heterocycles. The van der Waals surface area contributed by atoms with E-state index in [2.05, 4.69) is 9.97 Å². The predicted molar refractivity (Wildman–Crippen MR) is 70.0 cm³/mol. The minimum atomic E-state index is -0.386. The summed E-state index contributed by atoms with van der Waals surface area (Å²) in [5, 5.41) is 1.79. The zero-order valence-electron chi connectivity index (χ0n) is 9.29. The molecule has 0 aliphatic rings. The van der Waals surface area contributed by atoms with Crippen LogP contribution in [-0.4, -0.2) is 14.5 Å². The third kappa shape index (κ3) is 1.76. The Kier molecular flexibility index (Phi) is 2.56. The van der Waals surface area contributed by atoms with Crippen LogP contribution in [-0.2, 0) is 6.54 Å². The van der Waals surface area contributed by atoms with Gasteiger partial charge < -0.3 is 4.98 Å². The first kappa shape index (κ1) is 10.9. The first-order valence-corrected chi connectivity index (χ1v) is 6.23. The average Bonchev–Trinajstić information content (AvgIpc) is 2.84. The van der Waals surface area contributed by atoms with Crippen LogP contribution in [0.15, 0.2) is 45.6 Å². The molecule has 5 nitrogen and oxygen atoms in total. The van der Waals surface area contributed by atoms with Crippen molar-refractivity contribution in [3.8, 4) is 0 Å². The van der Waals surface area contributed by atoms with E-state index in [0.29, 0.717) is 10.2 Å². The summed E-state index contributed by atoms with van der Waals surface area (Å²) in [5.74, 6) is 0. The highest BCUT2D eigenvalue weighted by Gasteiger charge is 2.08. The lowest BCUT2D eigenvalue weighted by atomic mass is 10.3. The van der Waals surface area contributed by atoms with Crippen molar-refractivity contribution < 1.29 is 0 Å². The van der Waals surface area contributed by atoms with Crippen LogP contribution >= 0.6 is 11.3 Å². The largest absolute Gasteiger partial charge is 0.329 e. The molecule has 0 aromatic carbocycles. The van der Waals surface area contributed by atoms with Crippen LogP contribution in [0.25, 0.3) is 10.2 Å². The van der Waals surface area contributed by atoms with Crippen LogP contribution in [0.2, 0.25) is 0 Å². The van der Waals surface area contributed by atoms with Crippen LogP contribution in [0.3, 0.4) is 0 Å². The van der Waals surface area contributed by atoms with Gasteiger partial charge in [0.05, 0.1) is 12.1 Å². The third-order valence-corrected chi connectivity index (χ3v) is 3.58. The highest BCUT2D eigenvalue weighted by atomic mass is 32.1. The van der Waals surface area contributed by atoms with Crippen molar-refractivity contribution in [3.63, 3.8) is 0 Å². The number of H-pyrrole nitrogens is 1. The van der Waals surface area contributed by atoms with E-state index in [1.165, 1.54) is 15.9 Å². The lowest BCUT2D eigenvalue weighted by Gasteiger charge is -2.04. The van der Waals surface area contributed by atoms with Gasteiger partial charge in [0.25, 0.3) is 5.56 Å². The Balaban J connectivity index is 2.18. The molecular weight excluding hydrogens is 250 g/mol. The summed E-state index contributed by atoms with van der Waals surface area (Å²) < 4.78 is 1.78. The summed E-state index contributed by atoms with van der Waals surface area (Å²) in [7, 11) is 0. The van der Waals surface area contributed by atoms with Crippen molar-refractivity contribution >= 4 is 21.6 Å². The molecule has 6 heteroatoms. The molecule has 0 unspecified atom stereocenters. The minimum Gasteiger partial charge on any atom is -0.306 e. The van der Waals surface area contributed by atoms with Crippen molar-refractivity contribution in [1.82, 2.24) is 14.5 Å². The van der Waals surface area contributed by atoms with E-state index >= 15 is 0 Å². The molecule has 0 atom stereocenters. The SMILES string of the molecule is O=c1[nH]c2ccsc2c(=O)n1Cc1ccncc1. The zero-order chi connectivity index (χ0) is 12.5. The summed E-state index contributed by atoms with van der Waals surface area (Å²) >= 11 is 1.33. The fourth-order valence-corrected chi connectivity index (χ4v) is 2.58. The maximum Gasteiger partial charge on any atom is 0.329 e. The van der Waals surface area contributed by atoms with Crippen molar-refractivity contribution in [1.29, 1.82) is 0 Å². The van der Waals surface area contributed by atoms with Crippen LogP contribution in [0.4, 0.5) is 0 Å². The Morgan fingerprint density at radius 1 is 1.22 bits per heavy atom. The van der Waals surface area contributed by atoms with E-state index < -0.39 is 0 Å². The maximum absolute atomic E-state index is 12.2. The Morgan fingerprint density at radius 3 is 2.78 bits per heavy atom. The molecule has 0 bridgehead atoms. The number of aromatic nitrogens is 3. The monoisotopic (exact) mass is 259 g/mol. The number of fused-ring (bicyclic) bond motifs is 1. The highest BCUT2D eigenvalue weighted by Crippen LogP contribution is 2.12. The van der Waals surface area contributed by atoms with Crippen molar-refractivity contribution in [3.05, 3.63) is 62.4 Å². The van der Waals surface area contributed by atoms with Crippen LogP contribution in [0, 0.1) is 0 Å². The highest BCUT2D eigenvalue weighted by molar-refractivity contribution is 7.17. The number of aromatic amines is 1. The molecule has 3 aromatic rings. The van der Waals surface area contributed by atoms with Gasteiger partial charge in [-0.3, -0.25) is 14.3 Å². The van der Waals surface area contributed by atoms with Gasteiger partial charge in [0.1, 0.15) is 4.70 Å². The molecule has 3 rings (SSSR count). The van der Waals surface area contributed by atoms with Crippen molar-refractivity contribution in [2.75, 3.05) is 0 Å². The molecule has 90 valence electrons. The smallest absolute Gasteiger partial charge is 0.306 e. The number of pyridine rings is 1. The molecule has 0 aliphatic carbocycles. The number of hydrogen-bond donors (Lipinski definition) is 1. The molecular formula is C12H9N3O2S. The summed E-state index contributed by atoms with van der Waals surface area (Å²) in [6.45, 7) is 0.254. The lowest BCUT2D eigenvalue weighted by Crippen LogP contribution is -2.34. The molecule has 0 radical (unpaired) electrons. The van der Waals surface area contributed by atoms with E-state index in [4.69, 9.17) is 0 Å². The van der Waals surface area contributed by atoms with Gasteiger partial charge >= 0.3 is 5.69 Å². The topological polar surface area (TPSA) is 67.8 Å². The van der Waals surface area contributed by atoms with E-state index in [9.17, 15) is 9.59 Å². The number of hydrogen-bond acceptors (Lipinski definition) is 4. The Bertz CT molecular complexity index is 801. The molecule has 0 amide bonds. The van der Waals surface area contributed by atoms with E-state index in [-0.39, 0.29) is 17.8 Å². The number of thiophene rings is 1. The number of rotatable bonds is 2. The van der Waals surface area contributed by atoms with Gasteiger partial charge in [-0.1, -0.05) is 0 Å². The zero-order valence-corrected chi connectivity index (χ0v) is 10.1. The molecule has 1 N–H and O–H groups in total. The van der Waals surface area contributed by atoms with Gasteiger partial charge in [0.15, 0.2) is 0 Å². The number of nitrogens with zero attached hydrogens (tertiary/aromatic N) is 2. The molecule has 0 saturated heterocycles. The average molecular weight is 259 g/mol. The summed E-state index contributed by atoms with van der Waals surface area (Å²) in [5.41, 5.74) is 0.831. The standard InChI is InChI=1S/C12H9N3O2S/c16-11-10-9(3-6-18-10)14-12(17)15(11)7-8-1-4-13-5-2-8/h1-6H,7H2,(H,14,17). The van der Waals surface area contributed by atoms with Gasteiger partial charge in [-0.15, -0.1) is 11.3 Å². The van der Waals surface area contributed by atoms with Crippen LogP contribution in [0.5, 0.6) is 0 Å². The van der Waals surface area contributed by atoms with Gasteiger partial charge in [0, 0.05) is 12.4 Å². The molecule has 0 saturated carbocycles. The summed E-state index contributed by atoms with van der Waals surface area (Å²) in [4.78, 5) is 30.6. The summed E-state index contributed by atoms with van der Waals surface area (Å²) in [6, 6.07) is 5.30. The molecule has 18 heavy (non-hydrogen) atoms. The van der Waals surface area contributed by atoms with Gasteiger partial charge in [0.2, 0.25) is 0 Å². The van der Waals surface area contributed by atoms with Crippen LogP contribution in [0.1, 0.15) is 5.56 Å². The number of nitrogens with one attached hydrogen (secondary N) is 1. The van der Waals surface area contributed by atoms with Crippen molar-refractivity contribution in [2.45, 2.75) is 6.54 Å². The molecule has 0 spiro atoms. The fraction of sp³-hybridized carbons (Fsp3) is 0.0833. The predicted octanol–water partition coefficient (Wildman–Crippen LogP) is 1.19. The molecule has 3 heterocycles. The Morgan fingerprint density at radius 2 is 2.00 bits per heavy atom. The van der Waals surface area contributed by atoms with Gasteiger partial charge in [-0.25, -0.2) is 4.79 Å². The minimum absolute atomic E-state index is 0.249. The van der Waals surface area contributed by atoms with Crippen molar-refractivity contribution in [2.24, 2.45) is 0 Å².